The molecule has 4 nitrogen and oxygen atoms in total. The summed E-state index contributed by atoms with van der Waals surface area (Å²) in [4.78, 5) is 17.3. The van der Waals surface area contributed by atoms with Gasteiger partial charge in [0.2, 0.25) is 5.91 Å². The summed E-state index contributed by atoms with van der Waals surface area (Å²) < 4.78 is 0. The maximum Gasteiger partial charge on any atom is 0.221 e. The number of piperidine rings is 1. The molecule has 1 aliphatic heterocycles. The molecule has 4 heteroatoms. The normalized spacial score (nSPS) is 22.8. The van der Waals surface area contributed by atoms with E-state index in [1.807, 2.05) is 5.06 Å². The van der Waals surface area contributed by atoms with E-state index in [0.29, 0.717) is 12.3 Å². The second-order valence-corrected chi connectivity index (χ2v) is 6.08. The summed E-state index contributed by atoms with van der Waals surface area (Å²) in [6, 6.07) is -0.0770. The first-order chi connectivity index (χ1) is 9.71. The molecule has 1 aliphatic carbocycles. The SMILES string of the molecule is C#CC(CC1CCC1)NC(=O)CC1CCN(OC)CC1. The van der Waals surface area contributed by atoms with Gasteiger partial charge < -0.3 is 10.2 Å². The van der Waals surface area contributed by atoms with E-state index in [9.17, 15) is 4.79 Å². The molecule has 0 bridgehead atoms. The van der Waals surface area contributed by atoms with Crippen LogP contribution in [0.4, 0.5) is 0 Å². The molecular weight excluding hydrogens is 252 g/mol. The topological polar surface area (TPSA) is 41.6 Å². The molecule has 112 valence electrons. The van der Waals surface area contributed by atoms with Crippen LogP contribution in [0.2, 0.25) is 0 Å². The Labute approximate surface area is 122 Å². The van der Waals surface area contributed by atoms with Crippen molar-refractivity contribution in [3.63, 3.8) is 0 Å². The highest BCUT2D eigenvalue weighted by atomic mass is 16.7. The van der Waals surface area contributed by atoms with E-state index >= 15 is 0 Å². The predicted molar refractivity (Wildman–Crippen MR) is 78.6 cm³/mol. The summed E-state index contributed by atoms with van der Waals surface area (Å²) in [6.45, 7) is 1.82. The van der Waals surface area contributed by atoms with Gasteiger partial charge in [0.25, 0.3) is 0 Å². The van der Waals surface area contributed by atoms with Gasteiger partial charge in [-0.3, -0.25) is 4.79 Å². The van der Waals surface area contributed by atoms with Crippen LogP contribution in [0.3, 0.4) is 0 Å². The Balaban J connectivity index is 1.67. The van der Waals surface area contributed by atoms with Crippen molar-refractivity contribution in [2.75, 3.05) is 20.2 Å². The van der Waals surface area contributed by atoms with Crippen molar-refractivity contribution in [2.24, 2.45) is 11.8 Å². The standard InChI is InChI=1S/C16H26N2O2/c1-3-15(11-13-5-4-6-13)17-16(19)12-14-7-9-18(20-2)10-8-14/h1,13-15H,4-12H2,2H3,(H,17,19). The molecule has 1 atom stereocenters. The number of hydrogen-bond acceptors (Lipinski definition) is 3. The van der Waals surface area contributed by atoms with Crippen molar-refractivity contribution in [1.82, 2.24) is 10.4 Å². The number of hydroxylamine groups is 2. The highest BCUT2D eigenvalue weighted by Crippen LogP contribution is 2.30. The van der Waals surface area contributed by atoms with Crippen molar-refractivity contribution < 1.29 is 9.63 Å². The quantitative estimate of drug-likeness (QED) is 0.755. The lowest BCUT2D eigenvalue weighted by Crippen LogP contribution is -2.39. The molecule has 1 N–H and O–H groups in total. The molecular formula is C16H26N2O2. The second kappa shape index (κ2) is 7.66. The number of carbonyl (C=O) groups is 1. The zero-order valence-electron chi connectivity index (χ0n) is 12.4. The lowest BCUT2D eigenvalue weighted by Gasteiger charge is -2.30. The molecule has 1 saturated heterocycles. The molecule has 2 rings (SSSR count). The smallest absolute Gasteiger partial charge is 0.221 e. The molecule has 1 unspecified atom stereocenters. The highest BCUT2D eigenvalue weighted by molar-refractivity contribution is 5.76. The van der Waals surface area contributed by atoms with E-state index in [1.54, 1.807) is 7.11 Å². The van der Waals surface area contributed by atoms with Gasteiger partial charge in [0.05, 0.1) is 13.2 Å². The minimum absolute atomic E-state index is 0.0770. The van der Waals surface area contributed by atoms with E-state index in [-0.39, 0.29) is 11.9 Å². The van der Waals surface area contributed by atoms with Crippen LogP contribution in [-0.2, 0) is 9.63 Å². The van der Waals surface area contributed by atoms with Gasteiger partial charge in [0.15, 0.2) is 0 Å². The van der Waals surface area contributed by atoms with Crippen LogP contribution >= 0.6 is 0 Å². The summed E-state index contributed by atoms with van der Waals surface area (Å²) in [5.41, 5.74) is 0. The molecule has 2 aliphatic rings. The Morgan fingerprint density at radius 3 is 2.55 bits per heavy atom. The molecule has 2 fully saturated rings. The Morgan fingerprint density at radius 1 is 1.35 bits per heavy atom. The summed E-state index contributed by atoms with van der Waals surface area (Å²) in [5, 5.41) is 4.97. The van der Waals surface area contributed by atoms with Crippen molar-refractivity contribution in [1.29, 1.82) is 0 Å². The fourth-order valence-corrected chi connectivity index (χ4v) is 3.04. The van der Waals surface area contributed by atoms with Gasteiger partial charge in [-0.1, -0.05) is 25.2 Å². The van der Waals surface area contributed by atoms with E-state index < -0.39 is 0 Å². The maximum atomic E-state index is 12.1. The number of carbonyl (C=O) groups excluding carboxylic acids is 1. The van der Waals surface area contributed by atoms with Gasteiger partial charge in [-0.15, -0.1) is 6.42 Å². The van der Waals surface area contributed by atoms with Crippen LogP contribution in [-0.4, -0.2) is 37.2 Å². The third kappa shape index (κ3) is 4.50. The van der Waals surface area contributed by atoms with E-state index in [1.165, 1.54) is 19.3 Å². The first-order valence-corrected chi connectivity index (χ1v) is 7.75. The van der Waals surface area contributed by atoms with Crippen LogP contribution in [0.5, 0.6) is 0 Å². The summed E-state index contributed by atoms with van der Waals surface area (Å²) in [5.74, 6) is 4.02. The van der Waals surface area contributed by atoms with Gasteiger partial charge >= 0.3 is 0 Å². The Hall–Kier alpha value is -1.05. The number of hydrogen-bond donors (Lipinski definition) is 1. The van der Waals surface area contributed by atoms with Crippen LogP contribution in [0.25, 0.3) is 0 Å². The second-order valence-electron chi connectivity index (χ2n) is 6.08. The number of nitrogens with zero attached hydrogens (tertiary/aromatic N) is 1. The minimum Gasteiger partial charge on any atom is -0.342 e. The lowest BCUT2D eigenvalue weighted by molar-refractivity contribution is -0.150. The largest absolute Gasteiger partial charge is 0.342 e. The number of nitrogens with one attached hydrogen (secondary N) is 1. The fourth-order valence-electron chi connectivity index (χ4n) is 3.04. The van der Waals surface area contributed by atoms with Gasteiger partial charge in [-0.05, 0) is 31.1 Å². The van der Waals surface area contributed by atoms with Gasteiger partial charge in [0, 0.05) is 19.5 Å². The number of amides is 1. The number of terminal acetylenes is 1. The van der Waals surface area contributed by atoms with Gasteiger partial charge in [-0.2, -0.15) is 5.06 Å². The zero-order valence-corrected chi connectivity index (χ0v) is 12.4. The van der Waals surface area contributed by atoms with E-state index in [4.69, 9.17) is 11.3 Å². The first kappa shape index (κ1) is 15.3. The molecule has 0 aromatic carbocycles. The molecule has 0 radical (unpaired) electrons. The van der Waals surface area contributed by atoms with Crippen LogP contribution in [0.15, 0.2) is 0 Å². The Kier molecular flexibility index (Phi) is 5.87. The third-order valence-electron chi connectivity index (χ3n) is 4.64. The molecule has 20 heavy (non-hydrogen) atoms. The monoisotopic (exact) mass is 278 g/mol. The summed E-state index contributed by atoms with van der Waals surface area (Å²) in [6.07, 6.45) is 13.0. The molecule has 0 aromatic heterocycles. The minimum atomic E-state index is -0.0770. The lowest BCUT2D eigenvalue weighted by atomic mass is 9.81. The Bertz CT molecular complexity index is 352. The maximum absolute atomic E-state index is 12.1. The molecule has 1 saturated carbocycles. The van der Waals surface area contributed by atoms with E-state index in [0.717, 1.165) is 38.3 Å². The van der Waals surface area contributed by atoms with Crippen molar-refractivity contribution in [3.8, 4) is 12.3 Å². The van der Waals surface area contributed by atoms with Gasteiger partial charge in [-0.25, -0.2) is 0 Å². The van der Waals surface area contributed by atoms with Crippen molar-refractivity contribution in [2.45, 2.75) is 51.0 Å². The Morgan fingerprint density at radius 2 is 2.05 bits per heavy atom. The molecule has 1 amide bonds. The van der Waals surface area contributed by atoms with Crippen molar-refractivity contribution in [3.05, 3.63) is 0 Å². The average Bonchev–Trinajstić information content (AvgIpc) is 2.42. The zero-order chi connectivity index (χ0) is 14.4. The highest BCUT2D eigenvalue weighted by Gasteiger charge is 2.24. The summed E-state index contributed by atoms with van der Waals surface area (Å²) in [7, 11) is 1.70. The van der Waals surface area contributed by atoms with Crippen LogP contribution in [0, 0.1) is 24.2 Å². The van der Waals surface area contributed by atoms with Crippen LogP contribution < -0.4 is 5.32 Å². The van der Waals surface area contributed by atoms with Gasteiger partial charge in [0.1, 0.15) is 0 Å². The third-order valence-corrected chi connectivity index (χ3v) is 4.64. The number of rotatable bonds is 6. The molecule has 0 aromatic rings. The van der Waals surface area contributed by atoms with Crippen molar-refractivity contribution >= 4 is 5.91 Å². The summed E-state index contributed by atoms with van der Waals surface area (Å²) >= 11 is 0. The fraction of sp³-hybridized carbons (Fsp3) is 0.812. The van der Waals surface area contributed by atoms with Crippen LogP contribution in [0.1, 0.15) is 44.9 Å². The first-order valence-electron chi connectivity index (χ1n) is 7.75. The average molecular weight is 278 g/mol. The molecule has 0 spiro atoms. The van der Waals surface area contributed by atoms with E-state index in [2.05, 4.69) is 11.2 Å². The molecule has 1 heterocycles. The predicted octanol–water partition coefficient (Wildman–Crippen LogP) is 1.96.